The lowest BCUT2D eigenvalue weighted by atomic mass is 9.92. The Bertz CT molecular complexity index is 1030. The monoisotopic (exact) mass is 457 g/mol. The molecular weight excluding hydrogens is 437 g/mol. The molecule has 1 aliphatic heterocycles. The summed E-state index contributed by atoms with van der Waals surface area (Å²) in [5, 5.41) is 8.58. The SMILES string of the molecule is CCCCN1C(=O)[C@@]2(C[C@H]2c2ccc3c(I)[nH]nc3c2)c2ccccc21. The lowest BCUT2D eigenvalue weighted by molar-refractivity contribution is -0.120. The molecule has 5 rings (SSSR count). The van der Waals surface area contributed by atoms with Crippen LogP contribution in [0, 0.1) is 3.70 Å². The van der Waals surface area contributed by atoms with Crippen molar-refractivity contribution in [2.75, 3.05) is 11.4 Å². The molecule has 1 spiro atoms. The first-order valence-corrected chi connectivity index (χ1v) is 10.3. The van der Waals surface area contributed by atoms with Crippen LogP contribution in [0.2, 0.25) is 0 Å². The van der Waals surface area contributed by atoms with Crippen LogP contribution in [0.4, 0.5) is 5.69 Å². The average Bonchev–Trinajstić information content (AvgIpc) is 3.26. The maximum Gasteiger partial charge on any atom is 0.238 e. The topological polar surface area (TPSA) is 49.0 Å². The number of fused-ring (bicyclic) bond motifs is 3. The van der Waals surface area contributed by atoms with Crippen LogP contribution in [0.3, 0.4) is 0 Å². The van der Waals surface area contributed by atoms with E-state index in [1.165, 1.54) is 11.1 Å². The second-order valence-corrected chi connectivity index (χ2v) is 8.45. The normalized spacial score (nSPS) is 23.8. The van der Waals surface area contributed by atoms with Crippen LogP contribution >= 0.6 is 22.6 Å². The minimum absolute atomic E-state index is 0.251. The Hall–Kier alpha value is -1.89. The van der Waals surface area contributed by atoms with Crippen molar-refractivity contribution in [1.29, 1.82) is 0 Å². The summed E-state index contributed by atoms with van der Waals surface area (Å²) in [6, 6.07) is 14.8. The van der Waals surface area contributed by atoms with Gasteiger partial charge in [-0.15, -0.1) is 0 Å². The molecule has 1 saturated carbocycles. The van der Waals surface area contributed by atoms with Crippen molar-refractivity contribution in [3.63, 3.8) is 0 Å². The van der Waals surface area contributed by atoms with Crippen molar-refractivity contribution in [3.05, 3.63) is 57.3 Å². The van der Waals surface area contributed by atoms with E-state index in [0.717, 1.165) is 46.1 Å². The van der Waals surface area contributed by atoms with Gasteiger partial charge in [-0.05, 0) is 64.8 Å². The molecule has 4 nitrogen and oxygen atoms in total. The van der Waals surface area contributed by atoms with E-state index in [1.54, 1.807) is 0 Å². The van der Waals surface area contributed by atoms with E-state index in [0.29, 0.717) is 0 Å². The van der Waals surface area contributed by atoms with Crippen molar-refractivity contribution in [2.24, 2.45) is 0 Å². The standard InChI is InChI=1S/C21H20IN3O/c1-2-3-10-25-18-7-5-4-6-15(18)21(20(25)26)12-16(21)13-8-9-14-17(11-13)23-24-19(14)22/h4-9,11,16H,2-3,10,12H2,1H3,(H,23,24)/t16-,21-/m0/s1. The Morgan fingerprint density at radius 2 is 2.15 bits per heavy atom. The molecule has 0 saturated heterocycles. The zero-order valence-electron chi connectivity index (χ0n) is 14.6. The predicted molar refractivity (Wildman–Crippen MR) is 112 cm³/mol. The van der Waals surface area contributed by atoms with Crippen molar-refractivity contribution in [2.45, 2.75) is 37.5 Å². The summed E-state index contributed by atoms with van der Waals surface area (Å²) >= 11 is 2.27. The molecule has 1 aromatic heterocycles. The minimum Gasteiger partial charge on any atom is -0.311 e. The van der Waals surface area contributed by atoms with Gasteiger partial charge in [0.15, 0.2) is 0 Å². The van der Waals surface area contributed by atoms with E-state index < -0.39 is 0 Å². The number of halogens is 1. The van der Waals surface area contributed by atoms with Crippen molar-refractivity contribution >= 4 is 45.1 Å². The van der Waals surface area contributed by atoms with E-state index in [1.807, 2.05) is 11.0 Å². The summed E-state index contributed by atoms with van der Waals surface area (Å²) in [6.07, 6.45) is 3.04. The Morgan fingerprint density at radius 1 is 1.31 bits per heavy atom. The molecule has 1 amide bonds. The molecule has 0 radical (unpaired) electrons. The smallest absolute Gasteiger partial charge is 0.238 e. The fourth-order valence-electron chi connectivity index (χ4n) is 4.50. The van der Waals surface area contributed by atoms with Crippen LogP contribution in [0.1, 0.15) is 43.2 Å². The number of H-pyrrole nitrogens is 1. The first kappa shape index (κ1) is 16.3. The Balaban J connectivity index is 1.56. The largest absolute Gasteiger partial charge is 0.311 e. The number of para-hydroxylation sites is 1. The summed E-state index contributed by atoms with van der Waals surface area (Å²) in [5.74, 6) is 0.537. The summed E-state index contributed by atoms with van der Waals surface area (Å²) in [6.45, 7) is 2.99. The molecule has 0 bridgehead atoms. The summed E-state index contributed by atoms with van der Waals surface area (Å²) in [5.41, 5.74) is 4.17. The van der Waals surface area contributed by atoms with E-state index >= 15 is 0 Å². The van der Waals surface area contributed by atoms with Crippen LogP contribution in [-0.2, 0) is 10.2 Å². The molecular formula is C21H20IN3O. The second-order valence-electron chi connectivity index (χ2n) is 7.37. The van der Waals surface area contributed by atoms with E-state index in [9.17, 15) is 4.79 Å². The average molecular weight is 457 g/mol. The number of carbonyl (C=O) groups is 1. The molecule has 2 aromatic carbocycles. The van der Waals surface area contributed by atoms with Gasteiger partial charge in [0, 0.05) is 23.5 Å². The van der Waals surface area contributed by atoms with Gasteiger partial charge in [0.1, 0.15) is 3.70 Å². The molecule has 132 valence electrons. The third-order valence-electron chi connectivity index (χ3n) is 5.93. The summed E-state index contributed by atoms with van der Waals surface area (Å²) < 4.78 is 1.06. The molecule has 0 unspecified atom stereocenters. The van der Waals surface area contributed by atoms with Gasteiger partial charge in [0.25, 0.3) is 0 Å². The maximum atomic E-state index is 13.4. The van der Waals surface area contributed by atoms with Gasteiger partial charge in [0.05, 0.1) is 10.9 Å². The molecule has 1 fully saturated rings. The second kappa shape index (κ2) is 5.81. The zero-order chi connectivity index (χ0) is 17.9. The number of nitrogens with zero attached hydrogens (tertiary/aromatic N) is 2. The van der Waals surface area contributed by atoms with Crippen LogP contribution in [0.25, 0.3) is 10.9 Å². The van der Waals surface area contributed by atoms with E-state index in [-0.39, 0.29) is 17.2 Å². The van der Waals surface area contributed by atoms with Gasteiger partial charge in [-0.2, -0.15) is 5.10 Å². The lowest BCUT2D eigenvalue weighted by Crippen LogP contribution is -2.33. The number of carbonyl (C=O) groups excluding carboxylic acids is 1. The van der Waals surface area contributed by atoms with Gasteiger partial charge in [-0.1, -0.05) is 37.6 Å². The summed E-state index contributed by atoms with van der Waals surface area (Å²) in [4.78, 5) is 15.4. The summed E-state index contributed by atoms with van der Waals surface area (Å²) in [7, 11) is 0. The van der Waals surface area contributed by atoms with Gasteiger partial charge in [0.2, 0.25) is 5.91 Å². The third kappa shape index (κ3) is 2.12. The predicted octanol–water partition coefficient (Wildman–Crippen LogP) is 4.74. The first-order chi connectivity index (χ1) is 12.7. The highest BCUT2D eigenvalue weighted by Crippen LogP contribution is 2.66. The number of aromatic amines is 1. The fourth-order valence-corrected chi connectivity index (χ4v) is 5.08. The van der Waals surface area contributed by atoms with Gasteiger partial charge >= 0.3 is 0 Å². The number of hydrogen-bond acceptors (Lipinski definition) is 2. The number of amides is 1. The molecule has 1 N–H and O–H groups in total. The fraction of sp³-hybridized carbons (Fsp3) is 0.333. The third-order valence-corrected chi connectivity index (χ3v) is 6.76. The number of anilines is 1. The molecule has 2 heterocycles. The van der Waals surface area contributed by atoms with Crippen LogP contribution in [0.15, 0.2) is 42.5 Å². The van der Waals surface area contributed by atoms with E-state index in [4.69, 9.17) is 0 Å². The molecule has 26 heavy (non-hydrogen) atoms. The number of aromatic nitrogens is 2. The van der Waals surface area contributed by atoms with Crippen LogP contribution in [-0.4, -0.2) is 22.6 Å². The van der Waals surface area contributed by atoms with E-state index in [2.05, 4.69) is 76.1 Å². The Morgan fingerprint density at radius 3 is 3.00 bits per heavy atom. The molecule has 2 atom stereocenters. The van der Waals surface area contributed by atoms with Crippen LogP contribution < -0.4 is 4.90 Å². The Labute approximate surface area is 166 Å². The molecule has 2 aliphatic rings. The van der Waals surface area contributed by atoms with Crippen molar-refractivity contribution < 1.29 is 4.79 Å². The number of rotatable bonds is 4. The van der Waals surface area contributed by atoms with Crippen LogP contribution in [0.5, 0.6) is 0 Å². The number of unbranched alkanes of at least 4 members (excludes halogenated alkanes) is 1. The van der Waals surface area contributed by atoms with Gasteiger partial charge < -0.3 is 4.90 Å². The molecule has 1 aliphatic carbocycles. The highest BCUT2D eigenvalue weighted by Gasteiger charge is 2.66. The Kier molecular flexibility index (Phi) is 3.64. The highest BCUT2D eigenvalue weighted by molar-refractivity contribution is 14.1. The number of nitrogens with one attached hydrogen (secondary N) is 1. The van der Waals surface area contributed by atoms with Crippen molar-refractivity contribution in [3.8, 4) is 0 Å². The van der Waals surface area contributed by atoms with Crippen molar-refractivity contribution in [1.82, 2.24) is 10.2 Å². The number of benzene rings is 2. The zero-order valence-corrected chi connectivity index (χ0v) is 16.8. The maximum absolute atomic E-state index is 13.4. The quantitative estimate of drug-likeness (QED) is 0.576. The lowest BCUT2D eigenvalue weighted by Gasteiger charge is -2.17. The minimum atomic E-state index is -0.360. The molecule has 3 aromatic rings. The first-order valence-electron chi connectivity index (χ1n) is 9.22. The number of hydrogen-bond donors (Lipinski definition) is 1. The molecule has 5 heteroatoms. The van der Waals surface area contributed by atoms with Gasteiger partial charge in [-0.3, -0.25) is 9.89 Å². The van der Waals surface area contributed by atoms with Gasteiger partial charge in [-0.25, -0.2) is 0 Å². The highest BCUT2D eigenvalue weighted by atomic mass is 127.